The van der Waals surface area contributed by atoms with Crippen molar-refractivity contribution in [2.75, 3.05) is 0 Å². The van der Waals surface area contributed by atoms with Gasteiger partial charge in [0.05, 0.1) is 11.4 Å². The molecular weight excluding hydrogens is 229 g/mol. The quantitative estimate of drug-likeness (QED) is 0.655. The van der Waals surface area contributed by atoms with Gasteiger partial charge >= 0.3 is 0 Å². The molecule has 0 amide bonds. The number of benzene rings is 1. The van der Waals surface area contributed by atoms with Gasteiger partial charge in [-0.2, -0.15) is 0 Å². The van der Waals surface area contributed by atoms with E-state index in [1.807, 2.05) is 24.4 Å². The first-order valence-corrected chi connectivity index (χ1v) is 5.73. The van der Waals surface area contributed by atoms with E-state index in [0.29, 0.717) is 0 Å². The summed E-state index contributed by atoms with van der Waals surface area (Å²) in [7, 11) is 0. The monoisotopic (exact) mass is 241 g/mol. The van der Waals surface area contributed by atoms with E-state index in [4.69, 9.17) is 0 Å². The van der Waals surface area contributed by atoms with Crippen LogP contribution in [0.25, 0.3) is 16.9 Å². The lowest BCUT2D eigenvalue weighted by atomic mass is 10.1. The van der Waals surface area contributed by atoms with Crippen LogP contribution in [-0.4, -0.2) is 14.4 Å². The average Bonchev–Trinajstić information content (AvgIpc) is 2.70. The van der Waals surface area contributed by atoms with Gasteiger partial charge < -0.3 is 4.40 Å². The first-order valence-electron chi connectivity index (χ1n) is 5.73. The van der Waals surface area contributed by atoms with E-state index in [1.54, 1.807) is 18.3 Å². The molecule has 0 saturated carbocycles. The third-order valence-corrected chi connectivity index (χ3v) is 3.08. The molecule has 18 heavy (non-hydrogen) atoms. The molecule has 0 N–H and O–H groups in total. The van der Waals surface area contributed by atoms with Crippen LogP contribution >= 0.6 is 0 Å². The fourth-order valence-electron chi connectivity index (χ4n) is 2.10. The third-order valence-electron chi connectivity index (χ3n) is 3.08. The standard InChI is InChI=1S/C14H12FN3/c1-9-14-17-13(10(2)18(14)8-7-16-9)11-3-5-12(15)6-4-11/h3-8H,1-2H3. The average molecular weight is 241 g/mol. The van der Waals surface area contributed by atoms with E-state index in [1.165, 1.54) is 12.1 Å². The van der Waals surface area contributed by atoms with Gasteiger partial charge in [-0.1, -0.05) is 0 Å². The Morgan fingerprint density at radius 2 is 1.83 bits per heavy atom. The van der Waals surface area contributed by atoms with Crippen LogP contribution in [0.5, 0.6) is 0 Å². The van der Waals surface area contributed by atoms with Gasteiger partial charge in [-0.25, -0.2) is 9.37 Å². The van der Waals surface area contributed by atoms with Crippen molar-refractivity contribution >= 4 is 5.65 Å². The van der Waals surface area contributed by atoms with Crippen LogP contribution in [0, 0.1) is 19.7 Å². The number of fused-ring (bicyclic) bond motifs is 1. The van der Waals surface area contributed by atoms with Gasteiger partial charge in [-0.3, -0.25) is 4.98 Å². The molecule has 0 spiro atoms. The first-order chi connectivity index (χ1) is 8.66. The summed E-state index contributed by atoms with van der Waals surface area (Å²) in [5.74, 6) is -0.238. The van der Waals surface area contributed by atoms with Crippen LogP contribution in [0.4, 0.5) is 4.39 Å². The molecule has 0 saturated heterocycles. The minimum atomic E-state index is -0.238. The number of aryl methyl sites for hydroxylation is 2. The molecule has 2 heterocycles. The van der Waals surface area contributed by atoms with Gasteiger partial charge in [0, 0.05) is 23.7 Å². The minimum absolute atomic E-state index is 0.238. The Morgan fingerprint density at radius 3 is 2.50 bits per heavy atom. The van der Waals surface area contributed by atoms with Crippen molar-refractivity contribution in [3.63, 3.8) is 0 Å². The molecule has 90 valence electrons. The van der Waals surface area contributed by atoms with Crippen molar-refractivity contribution in [3.05, 3.63) is 53.9 Å². The van der Waals surface area contributed by atoms with Gasteiger partial charge in [-0.15, -0.1) is 0 Å². The molecule has 0 aliphatic heterocycles. The van der Waals surface area contributed by atoms with Crippen LogP contribution in [-0.2, 0) is 0 Å². The smallest absolute Gasteiger partial charge is 0.159 e. The van der Waals surface area contributed by atoms with Gasteiger partial charge in [0.25, 0.3) is 0 Å². The van der Waals surface area contributed by atoms with Crippen LogP contribution in [0.3, 0.4) is 0 Å². The zero-order valence-electron chi connectivity index (χ0n) is 10.2. The van der Waals surface area contributed by atoms with Crippen molar-refractivity contribution in [1.82, 2.24) is 14.4 Å². The van der Waals surface area contributed by atoms with Gasteiger partial charge in [0.15, 0.2) is 5.65 Å². The van der Waals surface area contributed by atoms with E-state index >= 15 is 0 Å². The van der Waals surface area contributed by atoms with Crippen molar-refractivity contribution in [2.24, 2.45) is 0 Å². The summed E-state index contributed by atoms with van der Waals surface area (Å²) in [5, 5.41) is 0. The predicted molar refractivity (Wildman–Crippen MR) is 67.9 cm³/mol. The Bertz CT molecular complexity index is 714. The number of imidazole rings is 1. The second-order valence-corrected chi connectivity index (χ2v) is 4.26. The van der Waals surface area contributed by atoms with E-state index in [-0.39, 0.29) is 5.82 Å². The summed E-state index contributed by atoms with van der Waals surface area (Å²) in [6, 6.07) is 6.38. The molecular formula is C14H12FN3. The molecule has 0 aliphatic carbocycles. The second-order valence-electron chi connectivity index (χ2n) is 4.26. The maximum atomic E-state index is 12.9. The largest absolute Gasteiger partial charge is 0.301 e. The summed E-state index contributed by atoms with van der Waals surface area (Å²) in [6.45, 7) is 3.92. The van der Waals surface area contributed by atoms with Crippen molar-refractivity contribution in [3.8, 4) is 11.3 Å². The van der Waals surface area contributed by atoms with Gasteiger partial charge in [-0.05, 0) is 38.1 Å². The molecule has 0 atom stereocenters. The van der Waals surface area contributed by atoms with E-state index in [0.717, 1.165) is 28.3 Å². The minimum Gasteiger partial charge on any atom is -0.301 e. The summed E-state index contributed by atoms with van der Waals surface area (Å²) in [6.07, 6.45) is 3.64. The Balaban J connectivity index is 2.27. The molecule has 0 aliphatic rings. The molecule has 0 fully saturated rings. The maximum absolute atomic E-state index is 12.9. The molecule has 0 unspecified atom stereocenters. The van der Waals surface area contributed by atoms with Crippen molar-refractivity contribution in [2.45, 2.75) is 13.8 Å². The number of rotatable bonds is 1. The Morgan fingerprint density at radius 1 is 1.11 bits per heavy atom. The van der Waals surface area contributed by atoms with Crippen molar-refractivity contribution in [1.29, 1.82) is 0 Å². The fourth-order valence-corrected chi connectivity index (χ4v) is 2.10. The highest BCUT2D eigenvalue weighted by Gasteiger charge is 2.11. The van der Waals surface area contributed by atoms with Crippen molar-refractivity contribution < 1.29 is 4.39 Å². The summed E-state index contributed by atoms with van der Waals surface area (Å²) in [5.41, 5.74) is 4.54. The topological polar surface area (TPSA) is 30.2 Å². The number of halogens is 1. The summed E-state index contributed by atoms with van der Waals surface area (Å²) >= 11 is 0. The maximum Gasteiger partial charge on any atom is 0.159 e. The molecule has 3 rings (SSSR count). The van der Waals surface area contributed by atoms with E-state index in [9.17, 15) is 4.39 Å². The third kappa shape index (κ3) is 1.57. The van der Waals surface area contributed by atoms with Gasteiger partial charge in [0.2, 0.25) is 0 Å². The lowest BCUT2D eigenvalue weighted by Gasteiger charge is -1.99. The molecule has 3 aromatic rings. The van der Waals surface area contributed by atoms with Crippen LogP contribution < -0.4 is 0 Å². The molecule has 2 aromatic heterocycles. The molecule has 4 heteroatoms. The van der Waals surface area contributed by atoms with Gasteiger partial charge in [0.1, 0.15) is 5.82 Å². The molecule has 3 nitrogen and oxygen atoms in total. The lowest BCUT2D eigenvalue weighted by molar-refractivity contribution is 0.628. The van der Waals surface area contributed by atoms with Crippen LogP contribution in [0.2, 0.25) is 0 Å². The molecule has 0 radical (unpaired) electrons. The molecule has 0 bridgehead atoms. The lowest BCUT2D eigenvalue weighted by Crippen LogP contribution is -1.91. The first kappa shape index (κ1) is 10.9. The second kappa shape index (κ2) is 3.91. The molecule has 1 aromatic carbocycles. The number of aromatic nitrogens is 3. The Hall–Kier alpha value is -2.23. The summed E-state index contributed by atoms with van der Waals surface area (Å²) < 4.78 is 14.9. The Kier molecular flexibility index (Phi) is 2.37. The zero-order chi connectivity index (χ0) is 12.7. The van der Waals surface area contributed by atoms with Crippen LogP contribution in [0.1, 0.15) is 11.4 Å². The van der Waals surface area contributed by atoms with E-state index < -0.39 is 0 Å². The predicted octanol–water partition coefficient (Wildman–Crippen LogP) is 3.15. The highest BCUT2D eigenvalue weighted by Crippen LogP contribution is 2.24. The van der Waals surface area contributed by atoms with E-state index in [2.05, 4.69) is 9.97 Å². The van der Waals surface area contributed by atoms with Crippen LogP contribution in [0.15, 0.2) is 36.7 Å². The summed E-state index contributed by atoms with van der Waals surface area (Å²) in [4.78, 5) is 8.82. The number of hydrogen-bond donors (Lipinski definition) is 0. The fraction of sp³-hybridized carbons (Fsp3) is 0.143. The number of nitrogens with zero attached hydrogens (tertiary/aromatic N) is 3. The number of hydrogen-bond acceptors (Lipinski definition) is 2. The highest BCUT2D eigenvalue weighted by atomic mass is 19.1. The Labute approximate surface area is 104 Å². The SMILES string of the molecule is Cc1nccn2c(C)c(-c3ccc(F)cc3)nc12. The normalized spacial score (nSPS) is 11.1. The zero-order valence-corrected chi connectivity index (χ0v) is 10.2. The highest BCUT2D eigenvalue weighted by molar-refractivity contribution is 5.66.